The van der Waals surface area contributed by atoms with Gasteiger partial charge in [0.2, 0.25) is 0 Å². The molecule has 7 rings (SSSR count). The first-order valence-electron chi connectivity index (χ1n) is 15.1. The van der Waals surface area contributed by atoms with Crippen LogP contribution >= 0.6 is 0 Å². The third-order valence-electron chi connectivity index (χ3n) is 8.99. The fraction of sp³-hybridized carbons (Fsp3) is 0.257. The quantitative estimate of drug-likeness (QED) is 0.217. The molecule has 11 nitrogen and oxygen atoms in total. The zero-order valence-electron chi connectivity index (χ0n) is 25.5. The lowest BCUT2D eigenvalue weighted by Gasteiger charge is -2.35. The molecule has 0 bridgehead atoms. The highest BCUT2D eigenvalue weighted by atomic mass is 16.5. The van der Waals surface area contributed by atoms with E-state index in [1.165, 1.54) is 6.92 Å². The average Bonchev–Trinajstić information content (AvgIpc) is 3.33. The van der Waals surface area contributed by atoms with Gasteiger partial charge in [-0.15, -0.1) is 0 Å². The van der Waals surface area contributed by atoms with Gasteiger partial charge in [0.1, 0.15) is 6.61 Å². The molecule has 232 valence electrons. The molecule has 2 amide bonds. The number of nitrogens with one attached hydrogen (secondary N) is 1. The van der Waals surface area contributed by atoms with Crippen LogP contribution in [0.4, 0.5) is 10.5 Å². The van der Waals surface area contributed by atoms with E-state index in [0.717, 1.165) is 27.6 Å². The van der Waals surface area contributed by atoms with Crippen LogP contribution in [0.15, 0.2) is 75.7 Å². The number of amides is 2. The Morgan fingerprint density at radius 3 is 2.63 bits per heavy atom. The molecule has 0 radical (unpaired) electrons. The lowest BCUT2D eigenvalue weighted by atomic mass is 9.92. The minimum Gasteiger partial charge on any atom is -0.460 e. The van der Waals surface area contributed by atoms with Crippen LogP contribution in [0.3, 0.4) is 0 Å². The van der Waals surface area contributed by atoms with Crippen LogP contribution in [-0.2, 0) is 27.5 Å². The maximum absolute atomic E-state index is 13.6. The van der Waals surface area contributed by atoms with Crippen molar-refractivity contribution in [3.05, 3.63) is 104 Å². The summed E-state index contributed by atoms with van der Waals surface area (Å²) < 4.78 is 6.79. The zero-order valence-corrected chi connectivity index (χ0v) is 25.5. The fourth-order valence-electron chi connectivity index (χ4n) is 6.70. The number of aliphatic hydroxyl groups is 1. The number of hydrogen-bond acceptors (Lipinski definition) is 8. The second-order valence-corrected chi connectivity index (χ2v) is 11.6. The van der Waals surface area contributed by atoms with Crippen molar-refractivity contribution in [2.75, 3.05) is 6.54 Å². The summed E-state index contributed by atoms with van der Waals surface area (Å²) in [6.45, 7) is 5.68. The number of esters is 1. The van der Waals surface area contributed by atoms with Crippen molar-refractivity contribution in [3.63, 3.8) is 0 Å². The van der Waals surface area contributed by atoms with Crippen molar-refractivity contribution < 1.29 is 24.2 Å². The molecule has 11 heteroatoms. The third-order valence-corrected chi connectivity index (χ3v) is 8.99. The number of ketones is 1. The zero-order chi connectivity index (χ0) is 32.3. The largest absolute Gasteiger partial charge is 0.460 e. The Bertz CT molecular complexity index is 2100. The topological polar surface area (TPSA) is 143 Å². The minimum atomic E-state index is -1.14. The van der Waals surface area contributed by atoms with Crippen molar-refractivity contribution in [2.24, 2.45) is 4.99 Å². The number of cyclic esters (lactones) is 1. The number of benzene rings is 2. The standard InChI is InChI=1S/C35H31N5O6/c1-4-39-18(2)31(19(3)41)32(38-35(39)45)20-9-11-21(12-10-20)36-15-24-22-7-5-6-8-27(22)37-33-25(24)16-40-28(33)13-23-26(34(40)44)17-46-30(43)14-29(23)42/h5-13,15,29,32,42H,4,14,16-17H2,1-3H3,(H,38,45). The normalized spacial score (nSPS) is 19.1. The van der Waals surface area contributed by atoms with Gasteiger partial charge in [-0.3, -0.25) is 24.3 Å². The number of para-hydroxylation sites is 1. The summed E-state index contributed by atoms with van der Waals surface area (Å²) in [6, 6.07) is 16.0. The SMILES string of the molecule is CCN1C(=O)NC(c2ccc(N=Cc3c4c(nc5ccccc35)-c3cc5c(c(=O)n3C4)COC(=O)CC5O)cc2)C(C(C)=O)=C1C. The maximum atomic E-state index is 13.6. The first-order valence-corrected chi connectivity index (χ1v) is 15.1. The number of rotatable bonds is 5. The van der Waals surface area contributed by atoms with Crippen molar-refractivity contribution in [1.29, 1.82) is 0 Å². The Hall–Kier alpha value is -5.42. The van der Waals surface area contributed by atoms with Crippen LogP contribution in [0.5, 0.6) is 0 Å². The molecule has 0 spiro atoms. The van der Waals surface area contributed by atoms with Gasteiger partial charge < -0.3 is 19.7 Å². The number of carbonyl (C=O) groups excluding carboxylic acids is 3. The lowest BCUT2D eigenvalue weighted by Crippen LogP contribution is -2.47. The Labute approximate surface area is 263 Å². The number of urea groups is 1. The summed E-state index contributed by atoms with van der Waals surface area (Å²) in [5, 5.41) is 14.5. The Kier molecular flexibility index (Phi) is 7.12. The summed E-state index contributed by atoms with van der Waals surface area (Å²) in [5.41, 5.74) is 6.49. The van der Waals surface area contributed by atoms with Crippen molar-refractivity contribution in [2.45, 2.75) is 52.5 Å². The van der Waals surface area contributed by atoms with Gasteiger partial charge >= 0.3 is 12.0 Å². The molecule has 4 aromatic rings. The van der Waals surface area contributed by atoms with Gasteiger partial charge in [-0.1, -0.05) is 30.3 Å². The van der Waals surface area contributed by atoms with E-state index in [9.17, 15) is 24.3 Å². The van der Waals surface area contributed by atoms with Crippen LogP contribution in [0.2, 0.25) is 0 Å². The first kappa shape index (κ1) is 29.3. The highest BCUT2D eigenvalue weighted by Crippen LogP contribution is 2.38. The number of nitrogens with zero attached hydrogens (tertiary/aromatic N) is 4. The number of aromatic nitrogens is 2. The Morgan fingerprint density at radius 2 is 1.89 bits per heavy atom. The highest BCUT2D eigenvalue weighted by Gasteiger charge is 2.34. The van der Waals surface area contributed by atoms with Crippen molar-refractivity contribution in [3.8, 4) is 11.4 Å². The molecule has 0 aliphatic carbocycles. The second kappa shape index (κ2) is 11.2. The molecule has 5 heterocycles. The molecule has 0 saturated heterocycles. The average molecular weight is 618 g/mol. The van der Waals surface area contributed by atoms with E-state index in [1.807, 2.05) is 55.5 Å². The Balaban J connectivity index is 1.27. The predicted octanol–water partition coefficient (Wildman–Crippen LogP) is 4.61. The van der Waals surface area contributed by atoms with Gasteiger partial charge in [0.15, 0.2) is 5.78 Å². The number of fused-ring (bicyclic) bond motifs is 5. The summed E-state index contributed by atoms with van der Waals surface area (Å²) in [4.78, 5) is 62.1. The summed E-state index contributed by atoms with van der Waals surface area (Å²) in [7, 11) is 0. The number of aliphatic imine (C=N–C) groups is 1. The second-order valence-electron chi connectivity index (χ2n) is 11.6. The van der Waals surface area contributed by atoms with Gasteiger partial charge in [-0.05, 0) is 56.2 Å². The minimum absolute atomic E-state index is 0.103. The van der Waals surface area contributed by atoms with E-state index in [-0.39, 0.29) is 42.5 Å². The van der Waals surface area contributed by atoms with Gasteiger partial charge in [-0.25, -0.2) is 9.78 Å². The molecule has 3 aliphatic rings. The van der Waals surface area contributed by atoms with E-state index in [1.54, 1.807) is 28.7 Å². The van der Waals surface area contributed by atoms with Crippen LogP contribution in [0.1, 0.15) is 67.2 Å². The van der Waals surface area contributed by atoms with Crippen LogP contribution in [0, 0.1) is 0 Å². The fourth-order valence-corrected chi connectivity index (χ4v) is 6.70. The highest BCUT2D eigenvalue weighted by molar-refractivity contribution is 6.03. The lowest BCUT2D eigenvalue weighted by molar-refractivity contribution is -0.146. The van der Waals surface area contributed by atoms with E-state index >= 15 is 0 Å². The molecule has 2 aromatic heterocycles. The van der Waals surface area contributed by atoms with E-state index in [0.29, 0.717) is 40.5 Å². The van der Waals surface area contributed by atoms with Gasteiger partial charge in [0.25, 0.3) is 5.56 Å². The molecule has 2 aromatic carbocycles. The number of carbonyl (C=O) groups is 3. The number of pyridine rings is 2. The van der Waals surface area contributed by atoms with Gasteiger partial charge in [0.05, 0.1) is 53.3 Å². The first-order chi connectivity index (χ1) is 22.2. The monoisotopic (exact) mass is 617 g/mol. The van der Waals surface area contributed by atoms with Gasteiger partial charge in [-0.2, -0.15) is 0 Å². The van der Waals surface area contributed by atoms with Gasteiger partial charge in [0, 0.05) is 40.5 Å². The van der Waals surface area contributed by atoms with E-state index < -0.39 is 18.1 Å². The molecule has 3 aliphatic heterocycles. The molecule has 2 N–H and O–H groups in total. The Morgan fingerprint density at radius 1 is 1.13 bits per heavy atom. The summed E-state index contributed by atoms with van der Waals surface area (Å²) in [6.07, 6.45) is 0.402. The number of Topliss-reactive ketones (excluding diaryl/α,β-unsaturated/α-hetero) is 1. The molecule has 2 atom stereocenters. The van der Waals surface area contributed by atoms with E-state index in [2.05, 4.69) is 5.32 Å². The number of allylic oxidation sites excluding steroid dienone is 1. The number of aliphatic hydroxyl groups excluding tert-OH is 1. The van der Waals surface area contributed by atoms with Crippen molar-refractivity contribution >= 4 is 40.6 Å². The number of ether oxygens (including phenoxy) is 1. The maximum Gasteiger partial charge on any atom is 0.322 e. The number of hydrogen-bond donors (Lipinski definition) is 2. The van der Waals surface area contributed by atoms with Crippen LogP contribution in [-0.4, -0.2) is 50.1 Å². The predicted molar refractivity (Wildman–Crippen MR) is 171 cm³/mol. The molecule has 0 fully saturated rings. The van der Waals surface area contributed by atoms with Crippen molar-refractivity contribution in [1.82, 2.24) is 19.8 Å². The molecule has 0 saturated carbocycles. The summed E-state index contributed by atoms with van der Waals surface area (Å²) in [5.74, 6) is -0.657. The molecule has 46 heavy (non-hydrogen) atoms. The molecule has 2 unspecified atom stereocenters. The summed E-state index contributed by atoms with van der Waals surface area (Å²) >= 11 is 0. The van der Waals surface area contributed by atoms with Crippen LogP contribution in [0.25, 0.3) is 22.3 Å². The smallest absolute Gasteiger partial charge is 0.322 e. The molecular formula is C35H31N5O6. The third kappa shape index (κ3) is 4.71. The molecular weight excluding hydrogens is 586 g/mol. The van der Waals surface area contributed by atoms with Crippen LogP contribution < -0.4 is 10.9 Å². The van der Waals surface area contributed by atoms with E-state index in [4.69, 9.17) is 14.7 Å².